The van der Waals surface area contributed by atoms with Crippen LogP contribution in [0.5, 0.6) is 0 Å². The zero-order valence-corrected chi connectivity index (χ0v) is 41.6. The SMILES string of the molecule is O=S(=O)([O][Ga]([O]S(=O)(=O)C(F)(F)C(F)(F)C(F)(F)C(F)(F)C(F)(F)C(F)(F)C(F)(F)C(F)(F)F)[O]S(=O)(=O)C(F)(F)C(F)(F)C(F)(F)C(F)(F)C(F)(F)C(F)(F)C(F)(F)C(F)(F)F)C(F)(F)C(F)(F)C(F)(F)C(F)(F)C(F)(F)C(F)(F)C(F)(F)C(F)(F)F. The van der Waals surface area contributed by atoms with Crippen LogP contribution < -0.4 is 0 Å². The van der Waals surface area contributed by atoms with Gasteiger partial charge < -0.3 is 0 Å². The number of hydrogen-bond acceptors (Lipinski definition) is 9. The molecule has 0 bridgehead atoms. The Hall–Kier alpha value is -3.20. The molecular weight excluding hydrogens is 1570 g/mol. The molecule has 0 aliphatic rings. The minimum absolute atomic E-state index is 1.38. The first-order valence-corrected chi connectivity index (χ1v) is 24.9. The summed E-state index contributed by atoms with van der Waals surface area (Å²) in [5.74, 6) is -180. The second-order valence-corrected chi connectivity index (χ2v) is 25.0. The van der Waals surface area contributed by atoms with Crippen LogP contribution >= 0.6 is 0 Å². The molecule has 0 radical (unpaired) electrons. The van der Waals surface area contributed by atoms with Crippen molar-refractivity contribution in [2.45, 2.75) is 141 Å². The van der Waals surface area contributed by atoms with Gasteiger partial charge in [-0.3, -0.25) is 0 Å². The topological polar surface area (TPSA) is 130 Å². The van der Waals surface area contributed by atoms with E-state index in [0.29, 0.717) is 0 Å². The quantitative estimate of drug-likeness (QED) is 0.0583. The molecule has 0 aliphatic carbocycles. The molecule has 0 spiro atoms. The van der Waals surface area contributed by atoms with Gasteiger partial charge in [0.25, 0.3) is 0 Å². The van der Waals surface area contributed by atoms with Gasteiger partial charge in [0.15, 0.2) is 0 Å². The molecule has 0 amide bonds. The minimum atomic E-state index is -11.0. The maximum atomic E-state index is 14.7. The summed E-state index contributed by atoms with van der Waals surface area (Å²) >= 11 is -11.0. The summed E-state index contributed by atoms with van der Waals surface area (Å²) in [6.07, 6.45) is -26.1. The van der Waals surface area contributed by atoms with E-state index in [1.54, 1.807) is 0 Å². The number of rotatable bonds is 27. The molecule has 88 heavy (non-hydrogen) atoms. The maximum absolute atomic E-state index is 14.7. The summed E-state index contributed by atoms with van der Waals surface area (Å²) in [6.45, 7) is 0. The zero-order chi connectivity index (χ0) is 73.2. The van der Waals surface area contributed by atoms with Crippen LogP contribution in [-0.2, 0) is 39.3 Å². The Morgan fingerprint density at radius 3 is 0.352 bits per heavy atom. The molecule has 0 unspecified atom stereocenters. The molecule has 0 aromatic heterocycles. The first-order valence-electron chi connectivity index (χ1n) is 17.7. The average Bonchev–Trinajstić information content (AvgIpc) is 3.25. The molecule has 0 aromatic rings. The van der Waals surface area contributed by atoms with Crippen LogP contribution in [0.2, 0.25) is 0 Å². The Balaban J connectivity index is 9.14. The van der Waals surface area contributed by atoms with E-state index in [0.717, 1.165) is 0 Å². The van der Waals surface area contributed by atoms with Crippen molar-refractivity contribution in [1.29, 1.82) is 0 Å². The van der Waals surface area contributed by atoms with E-state index in [-0.39, 0.29) is 0 Å². The molecule has 0 N–H and O–H groups in total. The monoisotopic (exact) mass is 1570 g/mol. The Morgan fingerprint density at radius 1 is 0.159 bits per heavy atom. The fourth-order valence-electron chi connectivity index (χ4n) is 4.46. The molecule has 0 saturated carbocycles. The molecule has 9 nitrogen and oxygen atoms in total. The van der Waals surface area contributed by atoms with Crippen LogP contribution in [0.15, 0.2) is 0 Å². The Bertz CT molecular complexity index is 2600. The van der Waals surface area contributed by atoms with E-state index in [2.05, 4.69) is 0 Å². The van der Waals surface area contributed by atoms with E-state index in [9.17, 15) is 249 Å². The number of alkyl halides is 51. The molecule has 0 atom stereocenters. The third kappa shape index (κ3) is 10.7. The average molecular weight is 1570 g/mol. The van der Waals surface area contributed by atoms with Crippen molar-refractivity contribution in [1.82, 2.24) is 0 Å². The predicted octanol–water partition coefficient (Wildman–Crippen LogP) is 13.9. The van der Waals surface area contributed by atoms with Crippen molar-refractivity contribution in [3.63, 3.8) is 0 Å². The number of hydrogen-bond donors (Lipinski definition) is 0. The van der Waals surface area contributed by atoms with Crippen molar-refractivity contribution < 1.29 is 258 Å². The Labute approximate surface area is 446 Å². The van der Waals surface area contributed by atoms with E-state index >= 15 is 0 Å². The molecular formula is C24F51GaO9S3. The fraction of sp³-hybridized carbons (Fsp3) is 1.00. The second-order valence-electron chi connectivity index (χ2n) is 15.3. The zero-order valence-electron chi connectivity index (χ0n) is 36.8. The van der Waals surface area contributed by atoms with Crippen LogP contribution in [0.4, 0.5) is 224 Å². The van der Waals surface area contributed by atoms with E-state index < -0.39 is 189 Å². The molecule has 0 aromatic carbocycles. The summed E-state index contributed by atoms with van der Waals surface area (Å²) in [5.41, 5.74) is 0. The normalized spacial score (nSPS) is 17.2. The van der Waals surface area contributed by atoms with Gasteiger partial charge >= 0.3 is 447 Å². The van der Waals surface area contributed by atoms with E-state index in [4.69, 9.17) is 0 Å². The van der Waals surface area contributed by atoms with Crippen molar-refractivity contribution in [3.05, 3.63) is 0 Å². The van der Waals surface area contributed by atoms with Crippen molar-refractivity contribution in [2.75, 3.05) is 0 Å². The van der Waals surface area contributed by atoms with Gasteiger partial charge in [0.1, 0.15) is 0 Å². The standard InChI is InChI=1S/3C8HF17O3S.Ga/c3*9-1(10,3(13,14)5(17,18)7(21,22)23)2(11,12)4(15,16)6(19,20)8(24,25)29(26,27)28;/h3*(H,26,27,28);/q;;;+3/p-3. The van der Waals surface area contributed by atoms with Gasteiger partial charge in [0.05, 0.1) is 0 Å². The summed E-state index contributed by atoms with van der Waals surface area (Å²) in [6, 6.07) is 0. The first-order chi connectivity index (χ1) is 36.8. The van der Waals surface area contributed by atoms with Gasteiger partial charge in [0.2, 0.25) is 0 Å². The predicted molar refractivity (Wildman–Crippen MR) is 158 cm³/mol. The summed E-state index contributed by atoms with van der Waals surface area (Å²) in [7, 11) is -32.3. The second kappa shape index (κ2) is 21.2. The van der Waals surface area contributed by atoms with Crippen LogP contribution in [0.1, 0.15) is 0 Å². The van der Waals surface area contributed by atoms with Gasteiger partial charge in [-0.25, -0.2) is 0 Å². The van der Waals surface area contributed by atoms with E-state index in [1.165, 1.54) is 8.93 Å². The van der Waals surface area contributed by atoms with E-state index in [1.807, 2.05) is 0 Å². The fourth-order valence-corrected chi connectivity index (χ4v) is 15.2. The molecule has 528 valence electrons. The third-order valence-electron chi connectivity index (χ3n) is 9.64. The van der Waals surface area contributed by atoms with Crippen LogP contribution in [0, 0.1) is 0 Å². The summed E-state index contributed by atoms with van der Waals surface area (Å²) in [5, 5.41) is -30.2. The van der Waals surface area contributed by atoms with Gasteiger partial charge in [0, 0.05) is 0 Å². The van der Waals surface area contributed by atoms with Gasteiger partial charge in [-0.05, 0) is 0 Å². The number of halogens is 51. The van der Waals surface area contributed by atoms with Crippen molar-refractivity contribution >= 4 is 47.7 Å². The van der Waals surface area contributed by atoms with Gasteiger partial charge in [-0.1, -0.05) is 0 Å². The van der Waals surface area contributed by atoms with Crippen LogP contribution in [-0.4, -0.2) is 183 Å². The van der Waals surface area contributed by atoms with Crippen molar-refractivity contribution in [2.24, 2.45) is 0 Å². The van der Waals surface area contributed by atoms with Crippen molar-refractivity contribution in [3.8, 4) is 0 Å². The molecule has 0 rings (SSSR count). The van der Waals surface area contributed by atoms with Crippen LogP contribution in [0.3, 0.4) is 0 Å². The molecule has 64 heteroatoms. The van der Waals surface area contributed by atoms with Gasteiger partial charge in [-0.15, -0.1) is 0 Å². The Kier molecular flexibility index (Phi) is 20.4. The Morgan fingerprint density at radius 2 is 0.250 bits per heavy atom. The first kappa shape index (κ1) is 84.8. The summed E-state index contributed by atoms with van der Waals surface area (Å²) in [4.78, 5) is 0. The van der Waals surface area contributed by atoms with Gasteiger partial charge in [-0.2, -0.15) is 0 Å². The molecule has 0 fully saturated rings. The van der Waals surface area contributed by atoms with Crippen LogP contribution in [0.25, 0.3) is 0 Å². The third-order valence-corrected chi connectivity index (χ3v) is 21.3. The molecule has 0 saturated heterocycles. The summed E-state index contributed by atoms with van der Waals surface area (Å²) < 4.78 is 773. The molecule has 0 heterocycles. The molecule has 0 aliphatic heterocycles.